The highest BCUT2D eigenvalue weighted by Crippen LogP contribution is 2.43. The monoisotopic (exact) mass is 544 g/mol. The number of hydrogen-bond donors (Lipinski definition) is 0. The molecule has 9 heteroatoms. The molecule has 0 aromatic heterocycles. The van der Waals surface area contributed by atoms with Crippen LogP contribution in [0.3, 0.4) is 0 Å². The predicted octanol–water partition coefficient (Wildman–Crippen LogP) is 8.47. The molecule has 0 N–H and O–H groups in total. The van der Waals surface area contributed by atoms with Crippen LogP contribution in [-0.2, 0) is 4.74 Å². The zero-order chi connectivity index (χ0) is 27.4. The van der Waals surface area contributed by atoms with Gasteiger partial charge in [0.1, 0.15) is 0 Å². The highest BCUT2D eigenvalue weighted by molar-refractivity contribution is 5.34. The first-order valence-corrected chi connectivity index (χ1v) is 13.3. The molecule has 1 heterocycles. The van der Waals surface area contributed by atoms with Crippen LogP contribution in [0, 0.1) is 42.0 Å². The summed E-state index contributed by atoms with van der Waals surface area (Å²) in [7, 11) is 0. The summed E-state index contributed by atoms with van der Waals surface area (Å²) in [5, 5.41) is 0. The van der Waals surface area contributed by atoms with Crippen LogP contribution < -0.4 is 9.47 Å². The van der Waals surface area contributed by atoms with Gasteiger partial charge >= 0.3 is 6.11 Å². The van der Waals surface area contributed by atoms with Crippen LogP contribution in [0.5, 0.6) is 11.5 Å². The van der Waals surface area contributed by atoms with E-state index in [1.54, 1.807) is 0 Å². The second kappa shape index (κ2) is 12.2. The Morgan fingerprint density at radius 2 is 1.47 bits per heavy atom. The summed E-state index contributed by atoms with van der Waals surface area (Å²) < 4.78 is 101. The molecule has 210 valence electrons. The third-order valence-electron chi connectivity index (χ3n) is 7.87. The van der Waals surface area contributed by atoms with E-state index in [0.29, 0.717) is 30.8 Å². The molecular weight excluding hydrogens is 510 g/mol. The van der Waals surface area contributed by atoms with Crippen LogP contribution in [-0.4, -0.2) is 25.4 Å². The second-order valence-electron chi connectivity index (χ2n) is 10.5. The number of alkyl halides is 2. The van der Waals surface area contributed by atoms with E-state index in [2.05, 4.69) is 16.4 Å². The number of rotatable bonds is 9. The Bertz CT molecular complexity index is 1090. The molecule has 2 aromatic carbocycles. The van der Waals surface area contributed by atoms with Crippen LogP contribution in [0.25, 0.3) is 0 Å². The topological polar surface area (TPSA) is 27.7 Å². The van der Waals surface area contributed by atoms with Gasteiger partial charge in [-0.05, 0) is 92.9 Å². The Balaban J connectivity index is 1.33. The van der Waals surface area contributed by atoms with Crippen LogP contribution in [0.1, 0.15) is 75.3 Å². The van der Waals surface area contributed by atoms with Gasteiger partial charge in [-0.1, -0.05) is 25.5 Å². The predicted molar refractivity (Wildman–Crippen MR) is 131 cm³/mol. The maximum atomic E-state index is 14.9. The van der Waals surface area contributed by atoms with Crippen LogP contribution in [0.15, 0.2) is 24.3 Å². The summed E-state index contributed by atoms with van der Waals surface area (Å²) >= 11 is 0. The van der Waals surface area contributed by atoms with Gasteiger partial charge in [0, 0.05) is 0 Å². The lowest BCUT2D eigenvalue weighted by molar-refractivity contribution is -0.197. The maximum absolute atomic E-state index is 14.9. The van der Waals surface area contributed by atoms with Crippen molar-refractivity contribution < 1.29 is 40.6 Å². The SMILES string of the molecule is CCCC1CCC(C2CCC(c3ccc(OC(F)(F)COc4ccc(C)c(F)c4F)c(F)c3F)CC2)CO1. The quantitative estimate of drug-likeness (QED) is 0.297. The van der Waals surface area contributed by atoms with Gasteiger partial charge in [0.2, 0.25) is 11.6 Å². The zero-order valence-electron chi connectivity index (χ0n) is 21.7. The number of hydrogen-bond acceptors (Lipinski definition) is 3. The average Bonchev–Trinajstić information content (AvgIpc) is 2.90. The normalized spacial score (nSPS) is 24.3. The first-order valence-electron chi connectivity index (χ1n) is 13.3. The van der Waals surface area contributed by atoms with Crippen LogP contribution in [0.2, 0.25) is 0 Å². The zero-order valence-corrected chi connectivity index (χ0v) is 21.7. The molecule has 3 nitrogen and oxygen atoms in total. The molecule has 4 rings (SSSR count). The molecule has 0 radical (unpaired) electrons. The standard InChI is InChI=1S/C29H34F6O3/c1-3-4-21-11-10-20(15-36-21)18-6-8-19(9-7-18)22-12-14-24(28(33)26(22)31)38-29(34,35)16-37-23-13-5-17(2)25(30)27(23)32/h5,12-14,18-21H,3-4,6-11,15-16H2,1-2H3. The number of ether oxygens (including phenoxy) is 3. The van der Waals surface area contributed by atoms with Gasteiger partial charge in [0.15, 0.2) is 29.7 Å². The summed E-state index contributed by atoms with van der Waals surface area (Å²) in [6.45, 7) is 2.68. The van der Waals surface area contributed by atoms with Gasteiger partial charge in [-0.3, -0.25) is 0 Å². The van der Waals surface area contributed by atoms with Crippen LogP contribution >= 0.6 is 0 Å². The third-order valence-corrected chi connectivity index (χ3v) is 7.87. The molecule has 38 heavy (non-hydrogen) atoms. The lowest BCUT2D eigenvalue weighted by Gasteiger charge is -2.38. The van der Waals surface area contributed by atoms with Crippen molar-refractivity contribution in [2.24, 2.45) is 11.8 Å². The Hall–Kier alpha value is -2.42. The smallest absolute Gasteiger partial charge is 0.433 e. The lowest BCUT2D eigenvalue weighted by Crippen LogP contribution is -2.33. The Kier molecular flexibility index (Phi) is 9.16. The van der Waals surface area contributed by atoms with E-state index in [1.807, 2.05) is 0 Å². The van der Waals surface area contributed by atoms with Gasteiger partial charge in [0.25, 0.3) is 0 Å². The van der Waals surface area contributed by atoms with E-state index < -0.39 is 47.5 Å². The van der Waals surface area contributed by atoms with Gasteiger partial charge in [-0.15, -0.1) is 0 Å². The van der Waals surface area contributed by atoms with Gasteiger partial charge in [-0.2, -0.15) is 17.6 Å². The van der Waals surface area contributed by atoms with Crippen LogP contribution in [0.4, 0.5) is 26.3 Å². The Morgan fingerprint density at radius 3 is 2.13 bits per heavy atom. The molecule has 0 spiro atoms. The van der Waals surface area contributed by atoms with Crippen molar-refractivity contribution in [1.82, 2.24) is 0 Å². The number of benzene rings is 2. The maximum Gasteiger partial charge on any atom is 0.433 e. The van der Waals surface area contributed by atoms with E-state index in [9.17, 15) is 26.3 Å². The molecule has 2 aliphatic rings. The summed E-state index contributed by atoms with van der Waals surface area (Å²) in [5.74, 6) is -6.34. The van der Waals surface area contributed by atoms with Crippen molar-refractivity contribution in [3.05, 3.63) is 58.7 Å². The van der Waals surface area contributed by atoms with Crippen molar-refractivity contribution in [2.45, 2.75) is 83.3 Å². The Morgan fingerprint density at radius 1 is 0.816 bits per heavy atom. The summed E-state index contributed by atoms with van der Waals surface area (Å²) in [5.41, 5.74) is 0.125. The minimum atomic E-state index is -4.13. The summed E-state index contributed by atoms with van der Waals surface area (Å²) in [6.07, 6.45) is 3.70. The molecule has 1 saturated carbocycles. The van der Waals surface area contributed by atoms with Crippen molar-refractivity contribution in [1.29, 1.82) is 0 Å². The number of aryl methyl sites for hydroxylation is 1. The highest BCUT2D eigenvalue weighted by atomic mass is 19.3. The Labute approximate surface area is 219 Å². The van der Waals surface area contributed by atoms with E-state index in [0.717, 1.165) is 57.3 Å². The fraction of sp³-hybridized carbons (Fsp3) is 0.586. The molecule has 2 fully saturated rings. The van der Waals surface area contributed by atoms with E-state index in [4.69, 9.17) is 4.74 Å². The molecule has 0 amide bonds. The molecule has 2 aromatic rings. The minimum absolute atomic E-state index is 0.0208. The van der Waals surface area contributed by atoms with Gasteiger partial charge in [-0.25, -0.2) is 8.78 Å². The minimum Gasteiger partial charge on any atom is -0.480 e. The largest absolute Gasteiger partial charge is 0.480 e. The van der Waals surface area contributed by atoms with Crippen molar-refractivity contribution in [3.63, 3.8) is 0 Å². The molecular formula is C29H34F6O3. The molecule has 1 saturated heterocycles. The molecule has 2 unspecified atom stereocenters. The number of halogens is 6. The fourth-order valence-corrected chi connectivity index (χ4v) is 5.68. The molecule has 1 aliphatic heterocycles. The lowest BCUT2D eigenvalue weighted by atomic mass is 9.72. The van der Waals surface area contributed by atoms with E-state index in [-0.39, 0.29) is 17.0 Å². The first-order chi connectivity index (χ1) is 18.1. The summed E-state index contributed by atoms with van der Waals surface area (Å²) in [6, 6.07) is 4.42. The van der Waals surface area contributed by atoms with E-state index in [1.165, 1.54) is 19.1 Å². The average molecular weight is 545 g/mol. The fourth-order valence-electron chi connectivity index (χ4n) is 5.68. The van der Waals surface area contributed by atoms with Gasteiger partial charge < -0.3 is 14.2 Å². The first kappa shape index (κ1) is 28.6. The van der Waals surface area contributed by atoms with E-state index >= 15 is 0 Å². The molecule has 0 bridgehead atoms. The molecule has 1 aliphatic carbocycles. The van der Waals surface area contributed by atoms with Crippen molar-refractivity contribution in [2.75, 3.05) is 13.2 Å². The summed E-state index contributed by atoms with van der Waals surface area (Å²) in [4.78, 5) is 0. The molecule has 2 atom stereocenters. The highest BCUT2D eigenvalue weighted by Gasteiger charge is 2.37. The third kappa shape index (κ3) is 6.58. The second-order valence-corrected chi connectivity index (χ2v) is 10.5. The van der Waals surface area contributed by atoms with Crippen molar-refractivity contribution >= 4 is 0 Å². The van der Waals surface area contributed by atoms with Gasteiger partial charge in [0.05, 0.1) is 12.7 Å². The van der Waals surface area contributed by atoms with Crippen molar-refractivity contribution in [3.8, 4) is 11.5 Å².